The zero-order chi connectivity index (χ0) is 20.2. The molecule has 6 nitrogen and oxygen atoms in total. The van der Waals surface area contributed by atoms with E-state index in [9.17, 15) is 9.59 Å². The van der Waals surface area contributed by atoms with Crippen LogP contribution in [-0.4, -0.2) is 41.6 Å². The summed E-state index contributed by atoms with van der Waals surface area (Å²) < 4.78 is 11.7. The monoisotopic (exact) mass is 392 g/mol. The minimum Gasteiger partial charge on any atom is -0.490 e. The molecule has 150 valence electrons. The maximum absolute atomic E-state index is 12.9. The van der Waals surface area contributed by atoms with E-state index in [4.69, 9.17) is 9.47 Å². The van der Waals surface area contributed by atoms with E-state index in [0.717, 1.165) is 17.0 Å². The molecule has 0 bridgehead atoms. The minimum atomic E-state index is -0.231. The highest BCUT2D eigenvalue weighted by molar-refractivity contribution is 5.97. The van der Waals surface area contributed by atoms with Crippen LogP contribution in [0, 0.1) is 0 Å². The molecule has 1 aromatic heterocycles. The van der Waals surface area contributed by atoms with Gasteiger partial charge < -0.3 is 19.4 Å². The van der Waals surface area contributed by atoms with Crippen molar-refractivity contribution in [3.05, 3.63) is 70.5 Å². The fourth-order valence-electron chi connectivity index (χ4n) is 3.68. The number of nitrogens with one attached hydrogen (secondary N) is 1. The van der Waals surface area contributed by atoms with E-state index >= 15 is 0 Å². The second-order valence-electron chi connectivity index (χ2n) is 7.07. The third-order valence-corrected chi connectivity index (χ3v) is 5.19. The topological polar surface area (TPSA) is 71.6 Å². The van der Waals surface area contributed by atoms with Crippen LogP contribution in [0.4, 0.5) is 0 Å². The van der Waals surface area contributed by atoms with Gasteiger partial charge in [-0.15, -0.1) is 0 Å². The van der Waals surface area contributed by atoms with E-state index in [2.05, 4.69) is 4.98 Å². The molecule has 0 radical (unpaired) electrons. The number of para-hydroxylation sites is 3. The van der Waals surface area contributed by atoms with Gasteiger partial charge in [-0.05, 0) is 31.2 Å². The van der Waals surface area contributed by atoms with Gasteiger partial charge in [0.1, 0.15) is 11.7 Å². The molecule has 3 aromatic rings. The van der Waals surface area contributed by atoms with Crippen molar-refractivity contribution in [1.82, 2.24) is 9.88 Å². The summed E-state index contributed by atoms with van der Waals surface area (Å²) in [5.74, 6) is 1.23. The predicted octanol–water partition coefficient (Wildman–Crippen LogP) is 3.61. The van der Waals surface area contributed by atoms with E-state index in [0.29, 0.717) is 37.9 Å². The van der Waals surface area contributed by atoms with Crippen molar-refractivity contribution < 1.29 is 14.3 Å². The van der Waals surface area contributed by atoms with Gasteiger partial charge in [-0.1, -0.05) is 24.3 Å². The highest BCUT2D eigenvalue weighted by Gasteiger charge is 2.27. The van der Waals surface area contributed by atoms with Gasteiger partial charge in [0.2, 0.25) is 5.43 Å². The molecule has 1 N–H and O–H groups in total. The van der Waals surface area contributed by atoms with Crippen molar-refractivity contribution in [1.29, 1.82) is 0 Å². The number of carbonyl (C=O) groups is 1. The Morgan fingerprint density at radius 2 is 1.76 bits per heavy atom. The molecule has 4 rings (SSSR count). The van der Waals surface area contributed by atoms with Crippen LogP contribution >= 0.6 is 0 Å². The highest BCUT2D eigenvalue weighted by Crippen LogP contribution is 2.29. The van der Waals surface area contributed by atoms with Crippen LogP contribution in [0.2, 0.25) is 0 Å². The standard InChI is InChI=1S/C23H24N2O4/c1-2-28-20-9-5-6-10-21(20)29-16-11-13-25(14-12-16)23(27)18-15-24-19-8-4-3-7-17(19)22(18)26/h3-10,15-16H,2,11-14H2,1H3,(H,24,26). The number of benzene rings is 2. The van der Waals surface area contributed by atoms with Crippen molar-refractivity contribution in [3.63, 3.8) is 0 Å². The number of nitrogens with zero attached hydrogens (tertiary/aromatic N) is 1. The number of aromatic nitrogens is 1. The zero-order valence-electron chi connectivity index (χ0n) is 16.4. The van der Waals surface area contributed by atoms with Crippen LogP contribution in [0.3, 0.4) is 0 Å². The summed E-state index contributed by atoms with van der Waals surface area (Å²) in [6, 6.07) is 14.8. The van der Waals surface area contributed by atoms with Gasteiger partial charge in [0.05, 0.1) is 6.61 Å². The van der Waals surface area contributed by atoms with E-state index in [1.807, 2.05) is 43.3 Å². The Bertz CT molecular complexity index is 1070. The lowest BCUT2D eigenvalue weighted by Gasteiger charge is -2.32. The zero-order valence-corrected chi connectivity index (χ0v) is 16.4. The van der Waals surface area contributed by atoms with Crippen LogP contribution in [-0.2, 0) is 0 Å². The lowest BCUT2D eigenvalue weighted by molar-refractivity contribution is 0.0588. The number of amides is 1. The maximum Gasteiger partial charge on any atom is 0.259 e. The number of H-pyrrole nitrogens is 1. The first-order valence-corrected chi connectivity index (χ1v) is 9.95. The summed E-state index contributed by atoms with van der Waals surface area (Å²) in [4.78, 5) is 30.4. The van der Waals surface area contributed by atoms with E-state index in [-0.39, 0.29) is 23.0 Å². The maximum atomic E-state index is 12.9. The molecule has 1 aliphatic heterocycles. The molecule has 1 saturated heterocycles. The Kier molecular flexibility index (Phi) is 5.51. The summed E-state index contributed by atoms with van der Waals surface area (Å²) in [6.45, 7) is 3.61. The first-order valence-electron chi connectivity index (χ1n) is 9.95. The Hall–Kier alpha value is -3.28. The number of hydrogen-bond donors (Lipinski definition) is 1. The Labute approximate surface area is 169 Å². The molecule has 0 unspecified atom stereocenters. The number of ether oxygens (including phenoxy) is 2. The molecule has 0 aliphatic carbocycles. The number of fused-ring (bicyclic) bond motifs is 1. The van der Waals surface area contributed by atoms with Crippen LogP contribution in [0.5, 0.6) is 11.5 Å². The highest BCUT2D eigenvalue weighted by atomic mass is 16.5. The molecule has 0 saturated carbocycles. The Morgan fingerprint density at radius 1 is 1.07 bits per heavy atom. The van der Waals surface area contributed by atoms with E-state index in [1.165, 1.54) is 6.20 Å². The second kappa shape index (κ2) is 8.39. The van der Waals surface area contributed by atoms with Crippen LogP contribution in [0.1, 0.15) is 30.1 Å². The number of aromatic amines is 1. The van der Waals surface area contributed by atoms with Crippen LogP contribution in [0.25, 0.3) is 10.9 Å². The fourth-order valence-corrected chi connectivity index (χ4v) is 3.68. The number of likely N-dealkylation sites (tertiary alicyclic amines) is 1. The van der Waals surface area contributed by atoms with Crippen molar-refractivity contribution in [2.24, 2.45) is 0 Å². The van der Waals surface area contributed by atoms with Crippen LogP contribution in [0.15, 0.2) is 59.5 Å². The number of rotatable bonds is 5. The normalized spacial score (nSPS) is 14.7. The first-order chi connectivity index (χ1) is 14.2. The number of pyridine rings is 1. The number of carbonyl (C=O) groups excluding carboxylic acids is 1. The van der Waals surface area contributed by atoms with Gasteiger partial charge in [-0.2, -0.15) is 0 Å². The van der Waals surface area contributed by atoms with Gasteiger partial charge in [0.25, 0.3) is 5.91 Å². The number of piperidine rings is 1. The third kappa shape index (κ3) is 3.97. The summed E-state index contributed by atoms with van der Waals surface area (Å²) >= 11 is 0. The quantitative estimate of drug-likeness (QED) is 0.720. The molecular formula is C23H24N2O4. The molecule has 2 heterocycles. The lowest BCUT2D eigenvalue weighted by atomic mass is 10.1. The van der Waals surface area contributed by atoms with Gasteiger partial charge in [-0.3, -0.25) is 9.59 Å². The molecule has 2 aromatic carbocycles. The van der Waals surface area contributed by atoms with Gasteiger partial charge in [-0.25, -0.2) is 0 Å². The van der Waals surface area contributed by atoms with Gasteiger partial charge in [0, 0.05) is 43.0 Å². The summed E-state index contributed by atoms with van der Waals surface area (Å²) in [5.41, 5.74) is 0.687. The van der Waals surface area contributed by atoms with Crippen LogP contribution < -0.4 is 14.9 Å². The predicted molar refractivity (Wildman–Crippen MR) is 112 cm³/mol. The van der Waals surface area contributed by atoms with Gasteiger partial charge in [0.15, 0.2) is 11.5 Å². The smallest absolute Gasteiger partial charge is 0.259 e. The SMILES string of the molecule is CCOc1ccccc1OC1CCN(C(=O)c2c[nH]c3ccccc3c2=O)CC1. The van der Waals surface area contributed by atoms with Crippen molar-refractivity contribution in [2.75, 3.05) is 19.7 Å². The van der Waals surface area contributed by atoms with Crippen molar-refractivity contribution in [3.8, 4) is 11.5 Å². The summed E-state index contributed by atoms with van der Waals surface area (Å²) in [6.07, 6.45) is 2.94. The average molecular weight is 392 g/mol. The first kappa shape index (κ1) is 19.1. The molecular weight excluding hydrogens is 368 g/mol. The fraction of sp³-hybridized carbons (Fsp3) is 0.304. The Balaban J connectivity index is 1.43. The van der Waals surface area contributed by atoms with Crippen molar-refractivity contribution >= 4 is 16.8 Å². The molecule has 1 aliphatic rings. The third-order valence-electron chi connectivity index (χ3n) is 5.19. The van der Waals surface area contributed by atoms with Gasteiger partial charge >= 0.3 is 0 Å². The molecule has 0 spiro atoms. The van der Waals surface area contributed by atoms with Crippen molar-refractivity contribution in [2.45, 2.75) is 25.9 Å². The molecule has 29 heavy (non-hydrogen) atoms. The second-order valence-corrected chi connectivity index (χ2v) is 7.07. The van der Waals surface area contributed by atoms with E-state index in [1.54, 1.807) is 17.0 Å². The molecule has 6 heteroatoms. The molecule has 1 fully saturated rings. The summed E-state index contributed by atoms with van der Waals surface area (Å²) in [5, 5.41) is 0.532. The van der Waals surface area contributed by atoms with E-state index < -0.39 is 0 Å². The number of hydrogen-bond acceptors (Lipinski definition) is 4. The summed E-state index contributed by atoms with van der Waals surface area (Å²) in [7, 11) is 0. The lowest BCUT2D eigenvalue weighted by Crippen LogP contribution is -2.43. The Morgan fingerprint density at radius 3 is 2.52 bits per heavy atom. The largest absolute Gasteiger partial charge is 0.490 e. The average Bonchev–Trinajstić information content (AvgIpc) is 2.76. The minimum absolute atomic E-state index is 0.00976. The molecule has 1 amide bonds. The molecule has 0 atom stereocenters.